The van der Waals surface area contributed by atoms with Gasteiger partial charge in [-0.05, 0) is 12.1 Å². The van der Waals surface area contributed by atoms with E-state index in [1.165, 1.54) is 14.2 Å². The van der Waals surface area contributed by atoms with E-state index in [1.807, 2.05) is 5.20 Å². The van der Waals surface area contributed by atoms with Gasteiger partial charge >= 0.3 is 7.75 Å². The number of hydrogen-bond acceptors (Lipinski definition) is 4. The van der Waals surface area contributed by atoms with Crippen molar-refractivity contribution in [1.29, 1.82) is 0 Å². The van der Waals surface area contributed by atoms with Crippen molar-refractivity contribution >= 4 is 13.4 Å². The predicted octanol–water partition coefficient (Wildman–Crippen LogP) is 0.713. The third kappa shape index (κ3) is 3.39. The molecule has 0 saturated carbocycles. The van der Waals surface area contributed by atoms with Crippen molar-refractivity contribution in [2.75, 3.05) is 19.6 Å². The van der Waals surface area contributed by atoms with Gasteiger partial charge in [-0.15, -0.1) is 5.20 Å². The average molecular weight is 248 g/mol. The van der Waals surface area contributed by atoms with Crippen molar-refractivity contribution in [2.24, 2.45) is 0 Å². The first-order valence-corrected chi connectivity index (χ1v) is 5.89. The van der Waals surface area contributed by atoms with Crippen LogP contribution in [0.3, 0.4) is 0 Å². The van der Waals surface area contributed by atoms with Crippen LogP contribution in [0.15, 0.2) is 18.2 Å². The molecule has 0 saturated heterocycles. The van der Waals surface area contributed by atoms with Gasteiger partial charge in [-0.25, -0.2) is 4.57 Å². The van der Waals surface area contributed by atoms with Crippen molar-refractivity contribution in [3.63, 3.8) is 0 Å². The van der Waals surface area contributed by atoms with Crippen LogP contribution >= 0.6 is 7.75 Å². The molecule has 0 aliphatic rings. The molecule has 0 bridgehead atoms. The van der Waals surface area contributed by atoms with Crippen LogP contribution in [0.4, 0.5) is 5.69 Å². The minimum Gasteiger partial charge on any atom is -0.494 e. The van der Waals surface area contributed by atoms with Crippen molar-refractivity contribution in [3.8, 4) is 11.5 Å². The second kappa shape index (κ2) is 5.18. The molecule has 0 aliphatic heterocycles. The normalized spacial score (nSPS) is 11.0. The van der Waals surface area contributed by atoms with E-state index >= 15 is 0 Å². The second-order valence-corrected chi connectivity index (χ2v) is 4.13. The Labute approximate surface area is 92.6 Å². The van der Waals surface area contributed by atoms with Gasteiger partial charge in [0.25, 0.3) is 0 Å². The maximum absolute atomic E-state index is 10.6. The molecule has 4 N–H and O–H groups in total. The first kappa shape index (κ1) is 12.8. The highest BCUT2D eigenvalue weighted by atomic mass is 31.2. The summed E-state index contributed by atoms with van der Waals surface area (Å²) < 4.78 is 20.7. The SMILES string of the molecule is COc1cccc(OC)c1NNP(=O)(O)O. The van der Waals surface area contributed by atoms with Crippen LogP contribution in [0.25, 0.3) is 0 Å². The Morgan fingerprint density at radius 1 is 1.19 bits per heavy atom. The number of anilines is 1. The minimum atomic E-state index is -4.36. The van der Waals surface area contributed by atoms with Crippen molar-refractivity contribution in [3.05, 3.63) is 18.2 Å². The maximum Gasteiger partial charge on any atom is 0.417 e. The summed E-state index contributed by atoms with van der Waals surface area (Å²) in [5, 5.41) is 1.84. The first-order valence-electron chi connectivity index (χ1n) is 4.27. The van der Waals surface area contributed by atoms with Crippen molar-refractivity contribution in [2.45, 2.75) is 0 Å². The third-order valence-electron chi connectivity index (χ3n) is 1.75. The zero-order chi connectivity index (χ0) is 12.2. The highest BCUT2D eigenvalue weighted by molar-refractivity contribution is 7.49. The molecule has 7 nitrogen and oxygen atoms in total. The van der Waals surface area contributed by atoms with Crippen LogP contribution in [0.1, 0.15) is 0 Å². The summed E-state index contributed by atoms with van der Waals surface area (Å²) in [6.45, 7) is 0. The lowest BCUT2D eigenvalue weighted by atomic mass is 10.3. The summed E-state index contributed by atoms with van der Waals surface area (Å²) in [4.78, 5) is 17.3. The van der Waals surface area contributed by atoms with Crippen LogP contribution in [0.5, 0.6) is 11.5 Å². The molecule has 0 unspecified atom stereocenters. The molecule has 0 fully saturated rings. The fourth-order valence-corrected chi connectivity index (χ4v) is 1.36. The van der Waals surface area contributed by atoms with E-state index in [9.17, 15) is 4.57 Å². The monoisotopic (exact) mass is 248 g/mol. The zero-order valence-electron chi connectivity index (χ0n) is 8.80. The number of nitrogens with one attached hydrogen (secondary N) is 2. The van der Waals surface area contributed by atoms with Crippen LogP contribution in [0, 0.1) is 0 Å². The predicted molar refractivity (Wildman–Crippen MR) is 58.3 cm³/mol. The molecule has 0 amide bonds. The summed E-state index contributed by atoms with van der Waals surface area (Å²) >= 11 is 0. The highest BCUT2D eigenvalue weighted by Gasteiger charge is 2.15. The average Bonchev–Trinajstić information content (AvgIpc) is 2.24. The second-order valence-electron chi connectivity index (χ2n) is 2.82. The van der Waals surface area contributed by atoms with Gasteiger partial charge in [-0.1, -0.05) is 6.07 Å². The summed E-state index contributed by atoms with van der Waals surface area (Å²) in [6, 6.07) is 4.96. The summed E-state index contributed by atoms with van der Waals surface area (Å²) in [5.41, 5.74) is 2.68. The summed E-state index contributed by atoms with van der Waals surface area (Å²) in [5.74, 6) is 0.806. The van der Waals surface area contributed by atoms with E-state index in [-0.39, 0.29) is 0 Å². The molecule has 0 radical (unpaired) electrons. The van der Waals surface area contributed by atoms with E-state index in [0.717, 1.165) is 0 Å². The van der Waals surface area contributed by atoms with Crippen LogP contribution in [-0.4, -0.2) is 24.0 Å². The first-order chi connectivity index (χ1) is 7.48. The zero-order valence-corrected chi connectivity index (χ0v) is 9.69. The molecular weight excluding hydrogens is 235 g/mol. The number of hydrogen-bond donors (Lipinski definition) is 4. The Hall–Kier alpha value is -1.27. The van der Waals surface area contributed by atoms with Gasteiger partial charge in [0.1, 0.15) is 17.2 Å². The fourth-order valence-electron chi connectivity index (χ4n) is 1.10. The molecule has 1 rings (SSSR count). The van der Waals surface area contributed by atoms with Crippen LogP contribution in [0.2, 0.25) is 0 Å². The molecule has 90 valence electrons. The number of ether oxygens (including phenoxy) is 2. The van der Waals surface area contributed by atoms with Gasteiger partial charge in [0.05, 0.1) is 14.2 Å². The molecule has 0 heterocycles. The van der Waals surface area contributed by atoms with Gasteiger partial charge in [0, 0.05) is 0 Å². The topological polar surface area (TPSA) is 100 Å². The number of benzene rings is 1. The van der Waals surface area contributed by atoms with E-state index in [4.69, 9.17) is 19.3 Å². The fraction of sp³-hybridized carbons (Fsp3) is 0.250. The van der Waals surface area contributed by atoms with Crippen molar-refractivity contribution in [1.82, 2.24) is 5.20 Å². The molecule has 0 aromatic heterocycles. The Morgan fingerprint density at radius 3 is 2.06 bits per heavy atom. The molecule has 1 aromatic rings. The molecule has 0 aliphatic carbocycles. The molecule has 1 aromatic carbocycles. The Bertz CT molecular complexity index is 383. The van der Waals surface area contributed by atoms with Crippen molar-refractivity contribution < 1.29 is 23.8 Å². The van der Waals surface area contributed by atoms with E-state index in [0.29, 0.717) is 17.2 Å². The number of hydrazine groups is 1. The molecule has 0 atom stereocenters. The molecular formula is C8H13N2O5P. The minimum absolute atomic E-state index is 0.316. The lowest BCUT2D eigenvalue weighted by molar-refractivity contribution is 0.361. The standard InChI is InChI=1S/C8H13N2O5P/c1-14-6-4-3-5-7(15-2)8(6)9-10-16(11,12)13/h3-5,9H,1-2H3,(H3,10,11,12,13). The van der Waals surface area contributed by atoms with Gasteiger partial charge in [-0.2, -0.15) is 0 Å². The summed E-state index contributed by atoms with van der Waals surface area (Å²) in [7, 11) is -1.48. The van der Waals surface area contributed by atoms with Crippen LogP contribution in [-0.2, 0) is 4.57 Å². The quantitative estimate of drug-likeness (QED) is 0.450. The van der Waals surface area contributed by atoms with Crippen LogP contribution < -0.4 is 20.1 Å². The Kier molecular flexibility index (Phi) is 4.14. The van der Waals surface area contributed by atoms with Gasteiger partial charge < -0.3 is 24.7 Å². The highest BCUT2D eigenvalue weighted by Crippen LogP contribution is 2.36. The molecule has 0 spiro atoms. The van der Waals surface area contributed by atoms with Gasteiger partial charge in [0.15, 0.2) is 0 Å². The van der Waals surface area contributed by atoms with Gasteiger partial charge in [-0.3, -0.25) is 0 Å². The lowest BCUT2D eigenvalue weighted by Gasteiger charge is -2.15. The van der Waals surface area contributed by atoms with E-state index in [1.54, 1.807) is 18.2 Å². The molecule has 16 heavy (non-hydrogen) atoms. The molecule has 8 heteroatoms. The lowest BCUT2D eigenvalue weighted by Crippen LogP contribution is -2.18. The van der Waals surface area contributed by atoms with Gasteiger partial charge in [0.2, 0.25) is 0 Å². The number of rotatable bonds is 5. The smallest absolute Gasteiger partial charge is 0.417 e. The number of methoxy groups -OCH3 is 2. The maximum atomic E-state index is 10.6. The van der Waals surface area contributed by atoms with E-state index in [2.05, 4.69) is 5.43 Å². The van der Waals surface area contributed by atoms with E-state index < -0.39 is 7.75 Å². The Morgan fingerprint density at radius 2 is 1.69 bits per heavy atom. The largest absolute Gasteiger partial charge is 0.494 e. The summed E-state index contributed by atoms with van der Waals surface area (Å²) in [6.07, 6.45) is 0. The number of para-hydroxylation sites is 1. The Balaban J connectivity index is 2.95. The third-order valence-corrected chi connectivity index (χ3v) is 2.16.